The van der Waals surface area contributed by atoms with Crippen LogP contribution in [0.5, 0.6) is 0 Å². The Morgan fingerprint density at radius 2 is 1.97 bits per heavy atom. The molecule has 1 fully saturated rings. The predicted molar refractivity (Wildman–Crippen MR) is 105 cm³/mol. The van der Waals surface area contributed by atoms with E-state index in [9.17, 15) is 9.59 Å². The molecule has 2 aliphatic heterocycles. The summed E-state index contributed by atoms with van der Waals surface area (Å²) in [6.45, 7) is 0.790. The summed E-state index contributed by atoms with van der Waals surface area (Å²) in [5.74, 6) is -2.73. The molecule has 0 radical (unpaired) electrons. The van der Waals surface area contributed by atoms with Crippen LogP contribution in [0.2, 0.25) is 5.02 Å². The van der Waals surface area contributed by atoms with Gasteiger partial charge in [-0.25, -0.2) is 14.6 Å². The van der Waals surface area contributed by atoms with Gasteiger partial charge in [-0.15, -0.1) is 0 Å². The van der Waals surface area contributed by atoms with E-state index in [2.05, 4.69) is 10.3 Å². The van der Waals surface area contributed by atoms with Crippen molar-refractivity contribution < 1.29 is 23.8 Å². The Labute approximate surface area is 176 Å². The van der Waals surface area contributed by atoms with Crippen LogP contribution in [-0.2, 0) is 30.2 Å². The fourth-order valence-electron chi connectivity index (χ4n) is 3.05. The van der Waals surface area contributed by atoms with Crippen LogP contribution < -0.4 is 5.32 Å². The molecule has 2 atom stereocenters. The predicted octanol–water partition coefficient (Wildman–Crippen LogP) is 2.73. The van der Waals surface area contributed by atoms with Gasteiger partial charge >= 0.3 is 11.9 Å². The zero-order valence-corrected chi connectivity index (χ0v) is 16.7. The number of nitrogens with zero attached hydrogens (tertiary/aromatic N) is 1. The number of hydrogen-bond acceptors (Lipinski definition) is 8. The molecule has 4 rings (SSSR count). The van der Waals surface area contributed by atoms with Crippen LogP contribution in [-0.4, -0.2) is 42.1 Å². The Morgan fingerprint density at radius 3 is 2.76 bits per heavy atom. The van der Waals surface area contributed by atoms with Crippen molar-refractivity contribution in [1.82, 2.24) is 10.3 Å². The monoisotopic (exact) mass is 432 g/mol. The van der Waals surface area contributed by atoms with E-state index < -0.39 is 24.0 Å². The largest absolute Gasteiger partial charge is 0.436 e. The summed E-state index contributed by atoms with van der Waals surface area (Å²) in [6, 6.07) is 11.2. The molecule has 0 aliphatic carbocycles. The average Bonchev–Trinajstić information content (AvgIpc) is 2.70. The van der Waals surface area contributed by atoms with E-state index in [1.807, 2.05) is 24.3 Å². The SMILES string of the molecule is O=C1/C=C/C(=O)O[C@]2(Cc3ccc(Sc4ncccc4Cl)cc3)OCCNC2O1. The number of aromatic nitrogens is 1. The zero-order chi connectivity index (χ0) is 20.3. The van der Waals surface area contributed by atoms with Crippen molar-refractivity contribution in [1.29, 1.82) is 0 Å². The molecule has 2 aromatic rings. The molecular formula is C20H17ClN2O5S. The second-order valence-electron chi connectivity index (χ2n) is 6.40. The molecule has 150 valence electrons. The number of halogens is 1. The molecule has 1 saturated heterocycles. The molecule has 9 heteroatoms. The van der Waals surface area contributed by atoms with Gasteiger partial charge in [0.2, 0.25) is 6.23 Å². The second-order valence-corrected chi connectivity index (χ2v) is 7.87. The molecule has 1 aromatic carbocycles. The highest BCUT2D eigenvalue weighted by atomic mass is 35.5. The lowest BCUT2D eigenvalue weighted by Crippen LogP contribution is -2.63. The van der Waals surface area contributed by atoms with Gasteiger partial charge in [0.05, 0.1) is 11.6 Å². The molecular weight excluding hydrogens is 416 g/mol. The summed E-state index contributed by atoms with van der Waals surface area (Å²) in [5, 5.41) is 4.35. The van der Waals surface area contributed by atoms with Crippen molar-refractivity contribution in [2.24, 2.45) is 0 Å². The van der Waals surface area contributed by atoms with Gasteiger partial charge < -0.3 is 14.2 Å². The standard InChI is InChI=1S/C20H17ClN2O5S/c21-15-2-1-9-22-18(15)29-14-5-3-13(4-6-14)12-20-19(23-10-11-26-20)27-16(24)7-8-17(25)28-20/h1-9,19,23H,10-12H2/b8-7+/t19?,20-/m0/s1. The first kappa shape index (κ1) is 19.9. The molecule has 1 aromatic heterocycles. The maximum atomic E-state index is 12.1. The topological polar surface area (TPSA) is 86.8 Å². The third-order valence-electron chi connectivity index (χ3n) is 4.35. The molecule has 0 amide bonds. The molecule has 7 nitrogen and oxygen atoms in total. The molecule has 0 bridgehead atoms. The maximum Gasteiger partial charge on any atom is 0.333 e. The maximum absolute atomic E-state index is 12.1. The number of carbonyl (C=O) groups is 2. The van der Waals surface area contributed by atoms with Gasteiger partial charge in [-0.3, -0.25) is 5.32 Å². The summed E-state index contributed by atoms with van der Waals surface area (Å²) in [5.41, 5.74) is 0.851. The van der Waals surface area contributed by atoms with E-state index in [4.69, 9.17) is 25.8 Å². The highest BCUT2D eigenvalue weighted by molar-refractivity contribution is 7.99. The highest BCUT2D eigenvalue weighted by Gasteiger charge is 2.49. The van der Waals surface area contributed by atoms with Gasteiger partial charge in [0.25, 0.3) is 5.79 Å². The quantitative estimate of drug-likeness (QED) is 0.738. The minimum absolute atomic E-state index is 0.215. The van der Waals surface area contributed by atoms with Crippen LogP contribution in [0, 0.1) is 0 Å². The van der Waals surface area contributed by atoms with Gasteiger partial charge in [-0.05, 0) is 29.8 Å². The number of nitrogens with one attached hydrogen (secondary N) is 1. The third kappa shape index (κ3) is 4.62. The summed E-state index contributed by atoms with van der Waals surface area (Å²) in [7, 11) is 0. The number of morpholine rings is 1. The minimum Gasteiger partial charge on any atom is -0.436 e. The molecule has 0 saturated carbocycles. The lowest BCUT2D eigenvalue weighted by atomic mass is 10.0. The van der Waals surface area contributed by atoms with E-state index in [1.54, 1.807) is 18.3 Å². The molecule has 29 heavy (non-hydrogen) atoms. The first-order valence-corrected chi connectivity index (χ1v) is 10.1. The molecule has 2 aliphatic rings. The van der Waals surface area contributed by atoms with Crippen molar-refractivity contribution in [2.75, 3.05) is 13.2 Å². The first-order valence-electron chi connectivity index (χ1n) is 8.90. The van der Waals surface area contributed by atoms with E-state index in [0.717, 1.165) is 22.6 Å². The van der Waals surface area contributed by atoms with Crippen molar-refractivity contribution in [3.63, 3.8) is 0 Å². The molecule has 3 heterocycles. The van der Waals surface area contributed by atoms with Crippen molar-refractivity contribution in [3.8, 4) is 0 Å². The first-order chi connectivity index (χ1) is 14.0. The van der Waals surface area contributed by atoms with E-state index in [-0.39, 0.29) is 6.42 Å². The van der Waals surface area contributed by atoms with Crippen LogP contribution in [0.25, 0.3) is 0 Å². The average molecular weight is 433 g/mol. The van der Waals surface area contributed by atoms with Crippen LogP contribution in [0.4, 0.5) is 0 Å². The molecule has 1 unspecified atom stereocenters. The van der Waals surface area contributed by atoms with Crippen molar-refractivity contribution in [2.45, 2.75) is 28.4 Å². The van der Waals surface area contributed by atoms with Gasteiger partial charge in [-0.2, -0.15) is 0 Å². The van der Waals surface area contributed by atoms with Crippen LogP contribution in [0.15, 0.2) is 64.7 Å². The summed E-state index contributed by atoms with van der Waals surface area (Å²) >= 11 is 7.61. The molecule has 1 N–H and O–H groups in total. The number of rotatable bonds is 4. The van der Waals surface area contributed by atoms with Crippen LogP contribution in [0.3, 0.4) is 0 Å². The fourth-order valence-corrected chi connectivity index (χ4v) is 4.06. The molecule has 0 spiro atoms. The van der Waals surface area contributed by atoms with Crippen molar-refractivity contribution in [3.05, 3.63) is 65.3 Å². The summed E-state index contributed by atoms with van der Waals surface area (Å²) in [6.07, 6.45) is 3.08. The van der Waals surface area contributed by atoms with Crippen molar-refractivity contribution >= 4 is 35.3 Å². The Morgan fingerprint density at radius 1 is 1.17 bits per heavy atom. The number of hydrogen-bond donors (Lipinski definition) is 1. The Hall–Kier alpha value is -2.39. The van der Waals surface area contributed by atoms with Gasteiger partial charge in [0, 0.05) is 36.2 Å². The van der Waals surface area contributed by atoms with E-state index >= 15 is 0 Å². The minimum atomic E-state index is -1.44. The lowest BCUT2D eigenvalue weighted by molar-refractivity contribution is -0.292. The number of ether oxygens (including phenoxy) is 3. The van der Waals surface area contributed by atoms with Gasteiger partial charge in [0.1, 0.15) is 5.03 Å². The Kier molecular flexibility index (Phi) is 5.86. The highest BCUT2D eigenvalue weighted by Crippen LogP contribution is 2.33. The second kappa shape index (κ2) is 8.54. The Bertz CT molecular complexity index is 952. The smallest absolute Gasteiger partial charge is 0.333 e. The third-order valence-corrected chi connectivity index (χ3v) is 5.80. The summed E-state index contributed by atoms with van der Waals surface area (Å²) < 4.78 is 16.7. The van der Waals surface area contributed by atoms with E-state index in [1.165, 1.54) is 11.8 Å². The van der Waals surface area contributed by atoms with Gasteiger partial charge in [0.15, 0.2) is 0 Å². The fraction of sp³-hybridized carbons (Fsp3) is 0.250. The lowest BCUT2D eigenvalue weighted by Gasteiger charge is -2.42. The van der Waals surface area contributed by atoms with Crippen LogP contribution >= 0.6 is 23.4 Å². The normalized spacial score (nSPS) is 25.2. The van der Waals surface area contributed by atoms with E-state index in [0.29, 0.717) is 23.2 Å². The zero-order valence-electron chi connectivity index (χ0n) is 15.2. The number of carbonyl (C=O) groups excluding carboxylic acids is 2. The number of esters is 2. The number of benzene rings is 1. The van der Waals surface area contributed by atoms with Gasteiger partial charge in [-0.1, -0.05) is 35.5 Å². The number of fused-ring (bicyclic) bond motifs is 1. The summed E-state index contributed by atoms with van der Waals surface area (Å²) in [4.78, 5) is 29.1. The Balaban J connectivity index is 1.54. The van der Waals surface area contributed by atoms with Crippen LogP contribution in [0.1, 0.15) is 5.56 Å². The number of pyridine rings is 1.